The summed E-state index contributed by atoms with van der Waals surface area (Å²) in [6.07, 6.45) is 2.30. The van der Waals surface area contributed by atoms with E-state index in [2.05, 4.69) is 10.6 Å². The first-order valence-corrected chi connectivity index (χ1v) is 6.38. The van der Waals surface area contributed by atoms with Gasteiger partial charge in [-0.1, -0.05) is 0 Å². The van der Waals surface area contributed by atoms with Crippen LogP contribution in [0.4, 0.5) is 0 Å². The smallest absolute Gasteiger partial charge is 0.322 e. The van der Waals surface area contributed by atoms with E-state index < -0.39 is 30.4 Å². The van der Waals surface area contributed by atoms with Crippen LogP contribution >= 0.6 is 11.8 Å². The van der Waals surface area contributed by atoms with E-state index in [-0.39, 0.29) is 6.54 Å². The molecule has 0 rings (SSSR count). The number of hydrogen-bond acceptors (Lipinski definition) is 5. The maximum absolute atomic E-state index is 11.6. The summed E-state index contributed by atoms with van der Waals surface area (Å²) in [6.45, 7) is -0.672. The maximum Gasteiger partial charge on any atom is 0.322 e. The second-order valence-electron chi connectivity index (χ2n) is 3.22. The van der Waals surface area contributed by atoms with Crippen molar-refractivity contribution >= 4 is 29.5 Å². The van der Waals surface area contributed by atoms with Crippen LogP contribution in [0.2, 0.25) is 0 Å². The molecule has 0 aromatic heterocycles. The highest BCUT2D eigenvalue weighted by Gasteiger charge is 2.19. The SMILES string of the molecule is [11CH3]SCCC(NC(=O)CN)C(=O)NCC(=O)O. The summed E-state index contributed by atoms with van der Waals surface area (Å²) in [7, 11) is 0. The maximum atomic E-state index is 11.6. The fourth-order valence-corrected chi connectivity index (χ4v) is 1.52. The van der Waals surface area contributed by atoms with Crippen molar-refractivity contribution in [2.24, 2.45) is 5.73 Å². The number of aliphatic carboxylic acids is 1. The molecule has 0 fully saturated rings. The van der Waals surface area contributed by atoms with Crippen molar-refractivity contribution in [1.82, 2.24) is 10.6 Å². The lowest BCUT2D eigenvalue weighted by Gasteiger charge is -2.16. The van der Waals surface area contributed by atoms with Gasteiger partial charge in [0, 0.05) is 0 Å². The van der Waals surface area contributed by atoms with E-state index in [1.54, 1.807) is 0 Å². The summed E-state index contributed by atoms with van der Waals surface area (Å²) in [5.74, 6) is -1.41. The van der Waals surface area contributed by atoms with E-state index in [0.717, 1.165) is 0 Å². The van der Waals surface area contributed by atoms with Crippen molar-refractivity contribution in [3.05, 3.63) is 0 Å². The molecule has 0 aliphatic heterocycles. The van der Waals surface area contributed by atoms with Gasteiger partial charge in [-0.2, -0.15) is 11.8 Å². The summed E-state index contributed by atoms with van der Waals surface area (Å²) in [4.78, 5) is 32.9. The molecular formula is C9H17N3O4S. The van der Waals surface area contributed by atoms with Gasteiger partial charge in [0.25, 0.3) is 0 Å². The molecule has 0 spiro atoms. The standard InChI is InChI=1S/C9H17N3O4S/c1-17-3-2-6(12-7(13)4-10)9(16)11-5-8(14)15/h6H,2-5,10H2,1H3,(H,11,16)(H,12,13)(H,14,15)/i1-1. The molecule has 0 aromatic rings. The third kappa shape index (κ3) is 7.58. The number of carbonyl (C=O) groups excluding carboxylic acids is 2. The summed E-state index contributed by atoms with van der Waals surface area (Å²) >= 11 is 1.53. The minimum atomic E-state index is -1.13. The summed E-state index contributed by atoms with van der Waals surface area (Å²) in [5, 5.41) is 13.1. The van der Waals surface area contributed by atoms with Gasteiger partial charge in [0.05, 0.1) is 6.54 Å². The Balaban J connectivity index is 4.28. The number of nitrogens with one attached hydrogen (secondary N) is 2. The molecule has 1 atom stereocenters. The number of nitrogens with two attached hydrogens (primary N) is 1. The third-order valence-electron chi connectivity index (χ3n) is 1.86. The van der Waals surface area contributed by atoms with Gasteiger partial charge >= 0.3 is 5.97 Å². The fraction of sp³-hybridized carbons (Fsp3) is 0.667. The molecule has 5 N–H and O–H groups in total. The Morgan fingerprint density at radius 1 is 1.41 bits per heavy atom. The predicted molar refractivity (Wildman–Crippen MR) is 64.6 cm³/mol. The molecule has 98 valence electrons. The van der Waals surface area contributed by atoms with Crippen molar-refractivity contribution in [2.75, 3.05) is 25.1 Å². The van der Waals surface area contributed by atoms with E-state index >= 15 is 0 Å². The molecule has 1 unspecified atom stereocenters. The third-order valence-corrected chi connectivity index (χ3v) is 2.51. The van der Waals surface area contributed by atoms with Crippen LogP contribution in [0.5, 0.6) is 0 Å². The van der Waals surface area contributed by atoms with Gasteiger partial charge in [0.2, 0.25) is 11.8 Å². The fourth-order valence-electron chi connectivity index (χ4n) is 1.04. The monoisotopic (exact) mass is 262 g/mol. The van der Waals surface area contributed by atoms with Crippen LogP contribution in [-0.2, 0) is 14.4 Å². The molecular weight excluding hydrogens is 245 g/mol. The molecule has 7 nitrogen and oxygen atoms in total. The number of carboxylic acid groups (broad SMARTS) is 1. The molecule has 17 heavy (non-hydrogen) atoms. The highest BCUT2D eigenvalue weighted by atomic mass is 32.2. The number of carboxylic acids is 1. The van der Waals surface area contributed by atoms with Crippen LogP contribution in [-0.4, -0.2) is 54.0 Å². The molecule has 0 saturated carbocycles. The van der Waals surface area contributed by atoms with Gasteiger partial charge in [0.15, 0.2) is 0 Å². The van der Waals surface area contributed by atoms with E-state index in [1.807, 2.05) is 6.26 Å². The Morgan fingerprint density at radius 3 is 2.53 bits per heavy atom. The van der Waals surface area contributed by atoms with Crippen LogP contribution in [0.1, 0.15) is 6.42 Å². The molecule has 8 heteroatoms. The van der Waals surface area contributed by atoms with Crippen molar-refractivity contribution in [3.63, 3.8) is 0 Å². The van der Waals surface area contributed by atoms with E-state index in [0.29, 0.717) is 12.2 Å². The normalized spacial score (nSPS) is 11.6. The highest BCUT2D eigenvalue weighted by molar-refractivity contribution is 7.98. The first-order valence-electron chi connectivity index (χ1n) is 4.99. The van der Waals surface area contributed by atoms with Crippen molar-refractivity contribution < 1.29 is 19.5 Å². The summed E-state index contributed by atoms with van der Waals surface area (Å²) in [6, 6.07) is -0.738. The zero-order valence-electron chi connectivity index (χ0n) is 9.56. The lowest BCUT2D eigenvalue weighted by molar-refractivity contribution is -0.138. The lowest BCUT2D eigenvalue weighted by Crippen LogP contribution is -2.49. The molecule has 0 aromatic carbocycles. The number of carbonyl (C=O) groups is 3. The quantitative estimate of drug-likeness (QED) is 0.417. The van der Waals surface area contributed by atoms with Crippen LogP contribution in [0, 0.1) is 0 Å². The minimum Gasteiger partial charge on any atom is -0.480 e. The Morgan fingerprint density at radius 2 is 2.06 bits per heavy atom. The van der Waals surface area contributed by atoms with E-state index in [1.165, 1.54) is 11.8 Å². The Labute approximate surface area is 104 Å². The van der Waals surface area contributed by atoms with E-state index in [4.69, 9.17) is 10.8 Å². The zero-order chi connectivity index (χ0) is 13.3. The summed E-state index contributed by atoms with van der Waals surface area (Å²) in [5.41, 5.74) is 5.13. The van der Waals surface area contributed by atoms with E-state index in [9.17, 15) is 14.4 Å². The molecule has 0 saturated heterocycles. The van der Waals surface area contributed by atoms with Crippen LogP contribution < -0.4 is 16.4 Å². The second kappa shape index (κ2) is 8.82. The van der Waals surface area contributed by atoms with Crippen molar-refractivity contribution in [3.8, 4) is 0 Å². The number of hydrogen-bond donors (Lipinski definition) is 4. The number of thioether (sulfide) groups is 1. The largest absolute Gasteiger partial charge is 0.480 e. The van der Waals surface area contributed by atoms with Gasteiger partial charge in [-0.15, -0.1) is 0 Å². The van der Waals surface area contributed by atoms with Crippen LogP contribution in [0.25, 0.3) is 0 Å². The van der Waals surface area contributed by atoms with Crippen molar-refractivity contribution in [1.29, 1.82) is 0 Å². The molecule has 0 bridgehead atoms. The predicted octanol–water partition coefficient (Wildman–Crippen LogP) is -1.62. The van der Waals surface area contributed by atoms with Gasteiger partial charge in [-0.25, -0.2) is 0 Å². The first kappa shape index (κ1) is 15.7. The topological polar surface area (TPSA) is 122 Å². The van der Waals surface area contributed by atoms with Gasteiger partial charge in [0.1, 0.15) is 12.6 Å². The molecule has 0 aliphatic rings. The zero-order valence-corrected chi connectivity index (χ0v) is 10.4. The van der Waals surface area contributed by atoms with Gasteiger partial charge in [-0.05, 0) is 18.4 Å². The van der Waals surface area contributed by atoms with Crippen molar-refractivity contribution in [2.45, 2.75) is 12.5 Å². The Kier molecular flexibility index (Phi) is 8.16. The van der Waals surface area contributed by atoms with Gasteiger partial charge < -0.3 is 21.5 Å². The van der Waals surface area contributed by atoms with Gasteiger partial charge in [-0.3, -0.25) is 14.4 Å². The molecule has 0 radical (unpaired) electrons. The molecule has 0 aliphatic carbocycles. The Hall–Kier alpha value is -1.28. The number of amides is 2. The second-order valence-corrected chi connectivity index (χ2v) is 4.20. The molecule has 2 amide bonds. The number of rotatable bonds is 8. The average molecular weight is 262 g/mol. The minimum absolute atomic E-state index is 0.206. The van der Waals surface area contributed by atoms with Crippen LogP contribution in [0.3, 0.4) is 0 Å². The first-order chi connectivity index (χ1) is 8.01. The Bertz CT molecular complexity index is 285. The average Bonchev–Trinajstić information content (AvgIpc) is 2.30. The van der Waals surface area contributed by atoms with Crippen LogP contribution in [0.15, 0.2) is 0 Å². The highest BCUT2D eigenvalue weighted by Crippen LogP contribution is 2.00. The lowest BCUT2D eigenvalue weighted by atomic mass is 10.2. The summed E-state index contributed by atoms with van der Waals surface area (Å²) < 4.78 is 0. The molecule has 0 heterocycles.